The zero-order valence-electron chi connectivity index (χ0n) is 18.8. The van der Waals surface area contributed by atoms with Gasteiger partial charge in [-0.2, -0.15) is 0 Å². The minimum absolute atomic E-state index is 0.0915. The molecule has 1 N–H and O–H groups in total. The van der Waals surface area contributed by atoms with E-state index in [0.29, 0.717) is 54.5 Å². The Balaban J connectivity index is 1.47. The third-order valence-corrected chi connectivity index (χ3v) is 6.58. The largest absolute Gasteiger partial charge is 0.454 e. The molecule has 0 unspecified atom stereocenters. The molecule has 0 saturated carbocycles. The van der Waals surface area contributed by atoms with Gasteiger partial charge in [0.25, 0.3) is 5.91 Å². The van der Waals surface area contributed by atoms with E-state index < -0.39 is 5.41 Å². The van der Waals surface area contributed by atoms with E-state index in [-0.39, 0.29) is 11.8 Å². The Morgan fingerprint density at radius 1 is 0.970 bits per heavy atom. The lowest BCUT2D eigenvalue weighted by Gasteiger charge is -2.36. The molecule has 2 heterocycles. The summed E-state index contributed by atoms with van der Waals surface area (Å²) in [4.78, 5) is 28.4. The summed E-state index contributed by atoms with van der Waals surface area (Å²) in [6.45, 7) is 3.03. The number of aryl methyl sites for hydroxylation is 1. The first-order valence-electron chi connectivity index (χ1n) is 11.1. The van der Waals surface area contributed by atoms with Crippen molar-refractivity contribution >= 4 is 23.2 Å². The topological polar surface area (TPSA) is 67.9 Å². The standard InChI is InChI=1S/C27H26N2O4/c1-18-8-10-24-22(16-18)29(2)25(30)21-17-20(9-11-23(21)33-24)28-26(31)27(12-14-32-15-13-27)19-6-4-3-5-7-19/h3-11,16-17H,12-15H2,1-2H3,(H,28,31). The third-order valence-electron chi connectivity index (χ3n) is 6.58. The lowest BCUT2D eigenvalue weighted by Crippen LogP contribution is -2.44. The Morgan fingerprint density at radius 3 is 2.45 bits per heavy atom. The zero-order chi connectivity index (χ0) is 23.0. The van der Waals surface area contributed by atoms with Gasteiger partial charge in [-0.15, -0.1) is 0 Å². The van der Waals surface area contributed by atoms with E-state index >= 15 is 0 Å². The molecule has 0 atom stereocenters. The summed E-state index contributed by atoms with van der Waals surface area (Å²) in [5.41, 5.74) is 3.03. The Labute approximate surface area is 193 Å². The Morgan fingerprint density at radius 2 is 1.70 bits per heavy atom. The summed E-state index contributed by atoms with van der Waals surface area (Å²) in [6, 6.07) is 20.8. The van der Waals surface area contributed by atoms with Gasteiger partial charge in [-0.1, -0.05) is 36.4 Å². The lowest BCUT2D eigenvalue weighted by atomic mass is 9.73. The molecule has 33 heavy (non-hydrogen) atoms. The number of anilines is 2. The van der Waals surface area contributed by atoms with Crippen LogP contribution >= 0.6 is 0 Å². The van der Waals surface area contributed by atoms with Gasteiger partial charge in [0, 0.05) is 25.9 Å². The number of nitrogens with one attached hydrogen (secondary N) is 1. The number of nitrogens with zero attached hydrogens (tertiary/aromatic N) is 1. The van der Waals surface area contributed by atoms with Crippen molar-refractivity contribution in [2.75, 3.05) is 30.5 Å². The quantitative estimate of drug-likeness (QED) is 0.615. The normalized spacial score (nSPS) is 16.8. The fraction of sp³-hybridized carbons (Fsp3) is 0.259. The van der Waals surface area contributed by atoms with E-state index in [0.717, 1.165) is 11.1 Å². The zero-order valence-corrected chi connectivity index (χ0v) is 18.8. The van der Waals surface area contributed by atoms with Crippen LogP contribution in [-0.2, 0) is 14.9 Å². The van der Waals surface area contributed by atoms with Crippen molar-refractivity contribution in [3.63, 3.8) is 0 Å². The molecule has 1 fully saturated rings. The van der Waals surface area contributed by atoms with Gasteiger partial charge < -0.3 is 19.7 Å². The molecule has 0 radical (unpaired) electrons. The fourth-order valence-electron chi connectivity index (χ4n) is 4.62. The summed E-state index contributed by atoms with van der Waals surface area (Å²) in [7, 11) is 1.73. The highest BCUT2D eigenvalue weighted by Gasteiger charge is 2.41. The minimum Gasteiger partial charge on any atom is -0.454 e. The number of fused-ring (bicyclic) bond motifs is 2. The molecule has 2 amide bonds. The van der Waals surface area contributed by atoms with Crippen LogP contribution in [0.15, 0.2) is 66.7 Å². The second-order valence-corrected chi connectivity index (χ2v) is 8.66. The molecule has 0 spiro atoms. The smallest absolute Gasteiger partial charge is 0.261 e. The first kappa shape index (κ1) is 21.2. The molecular formula is C27H26N2O4. The van der Waals surface area contributed by atoms with Crippen LogP contribution in [0.2, 0.25) is 0 Å². The SMILES string of the molecule is Cc1ccc2c(c1)N(C)C(=O)c1cc(NC(=O)C3(c4ccccc4)CCOCC3)ccc1O2. The van der Waals surface area contributed by atoms with Crippen LogP contribution in [0.4, 0.5) is 11.4 Å². The van der Waals surface area contributed by atoms with Crippen molar-refractivity contribution in [1.29, 1.82) is 0 Å². The van der Waals surface area contributed by atoms with E-state index in [2.05, 4.69) is 5.32 Å². The van der Waals surface area contributed by atoms with Crippen LogP contribution in [-0.4, -0.2) is 32.1 Å². The molecular weight excluding hydrogens is 416 g/mol. The molecule has 5 rings (SSSR count). The number of hydrogen-bond acceptors (Lipinski definition) is 4. The van der Waals surface area contributed by atoms with Crippen LogP contribution in [0.5, 0.6) is 11.5 Å². The molecule has 0 aromatic heterocycles. The molecule has 6 heteroatoms. The van der Waals surface area contributed by atoms with E-state index in [4.69, 9.17) is 9.47 Å². The molecule has 3 aromatic rings. The predicted octanol–water partition coefficient (Wildman–Crippen LogP) is 5.06. The van der Waals surface area contributed by atoms with Gasteiger partial charge >= 0.3 is 0 Å². The number of carbonyl (C=O) groups excluding carboxylic acids is 2. The van der Waals surface area contributed by atoms with Crippen molar-refractivity contribution in [1.82, 2.24) is 0 Å². The Kier molecular flexibility index (Phi) is 5.38. The summed E-state index contributed by atoms with van der Waals surface area (Å²) < 4.78 is 11.6. The van der Waals surface area contributed by atoms with Crippen LogP contribution in [0.25, 0.3) is 0 Å². The van der Waals surface area contributed by atoms with Gasteiger partial charge in [0.1, 0.15) is 5.75 Å². The van der Waals surface area contributed by atoms with Crippen molar-refractivity contribution in [2.45, 2.75) is 25.2 Å². The molecule has 0 aliphatic carbocycles. The highest BCUT2D eigenvalue weighted by Crippen LogP contribution is 2.40. The number of benzene rings is 3. The highest BCUT2D eigenvalue weighted by molar-refractivity contribution is 6.10. The van der Waals surface area contributed by atoms with Crippen LogP contribution < -0.4 is 15.0 Å². The van der Waals surface area contributed by atoms with Crippen molar-refractivity contribution in [3.8, 4) is 11.5 Å². The molecule has 6 nitrogen and oxygen atoms in total. The molecule has 2 aliphatic heterocycles. The molecule has 168 valence electrons. The number of ether oxygens (including phenoxy) is 2. The molecule has 1 saturated heterocycles. The first-order valence-corrected chi connectivity index (χ1v) is 11.1. The van der Waals surface area contributed by atoms with Crippen molar-refractivity contribution in [3.05, 3.63) is 83.4 Å². The summed E-state index contributed by atoms with van der Waals surface area (Å²) in [6.07, 6.45) is 1.21. The number of hydrogen-bond donors (Lipinski definition) is 1. The van der Waals surface area contributed by atoms with Crippen LogP contribution in [0.1, 0.15) is 34.3 Å². The van der Waals surface area contributed by atoms with Gasteiger partial charge in [-0.25, -0.2) is 0 Å². The summed E-state index contributed by atoms with van der Waals surface area (Å²) in [5, 5.41) is 3.07. The lowest BCUT2D eigenvalue weighted by molar-refractivity contribution is -0.125. The van der Waals surface area contributed by atoms with E-state index in [1.165, 1.54) is 0 Å². The van der Waals surface area contributed by atoms with Crippen LogP contribution in [0, 0.1) is 6.92 Å². The molecule has 0 bridgehead atoms. The molecule has 3 aromatic carbocycles. The first-order chi connectivity index (χ1) is 16.0. The third kappa shape index (κ3) is 3.76. The minimum atomic E-state index is -0.669. The number of amides is 2. The van der Waals surface area contributed by atoms with E-state index in [1.807, 2.05) is 55.5 Å². The maximum absolute atomic E-state index is 13.6. The average Bonchev–Trinajstić information content (AvgIpc) is 2.95. The Bertz CT molecular complexity index is 1220. The predicted molar refractivity (Wildman–Crippen MR) is 127 cm³/mol. The van der Waals surface area contributed by atoms with Gasteiger partial charge in [0.15, 0.2) is 5.75 Å². The summed E-state index contributed by atoms with van der Waals surface area (Å²) >= 11 is 0. The van der Waals surface area contributed by atoms with Crippen molar-refractivity contribution < 1.29 is 19.1 Å². The van der Waals surface area contributed by atoms with Gasteiger partial charge in [0.05, 0.1) is 16.7 Å². The number of rotatable bonds is 3. The monoisotopic (exact) mass is 442 g/mol. The fourth-order valence-corrected chi connectivity index (χ4v) is 4.62. The second kappa shape index (κ2) is 8.37. The van der Waals surface area contributed by atoms with Gasteiger partial charge in [-0.3, -0.25) is 9.59 Å². The Hall–Kier alpha value is -3.64. The van der Waals surface area contributed by atoms with E-state index in [9.17, 15) is 9.59 Å². The van der Waals surface area contributed by atoms with Crippen LogP contribution in [0.3, 0.4) is 0 Å². The maximum atomic E-state index is 13.6. The number of carbonyl (C=O) groups is 2. The van der Waals surface area contributed by atoms with E-state index in [1.54, 1.807) is 30.1 Å². The summed E-state index contributed by atoms with van der Waals surface area (Å²) in [5.74, 6) is 0.814. The average molecular weight is 443 g/mol. The van der Waals surface area contributed by atoms with Gasteiger partial charge in [0.2, 0.25) is 5.91 Å². The molecule has 2 aliphatic rings. The van der Waals surface area contributed by atoms with Crippen molar-refractivity contribution in [2.24, 2.45) is 0 Å². The highest BCUT2D eigenvalue weighted by atomic mass is 16.5. The maximum Gasteiger partial charge on any atom is 0.261 e. The van der Waals surface area contributed by atoms with Gasteiger partial charge in [-0.05, 0) is 61.2 Å². The second-order valence-electron chi connectivity index (χ2n) is 8.66.